The zero-order valence-electron chi connectivity index (χ0n) is 10.3. The van der Waals surface area contributed by atoms with Gasteiger partial charge in [-0.15, -0.1) is 0 Å². The molecule has 0 bridgehead atoms. The molecule has 0 radical (unpaired) electrons. The lowest BCUT2D eigenvalue weighted by atomic mass is 10.1. The summed E-state index contributed by atoms with van der Waals surface area (Å²) in [6.07, 6.45) is 2.57. The molecule has 1 atom stereocenters. The number of H-pyrrole nitrogens is 1. The van der Waals surface area contributed by atoms with Gasteiger partial charge in [0, 0.05) is 0 Å². The van der Waals surface area contributed by atoms with Crippen molar-refractivity contribution in [3.8, 4) is 0 Å². The molecule has 19 heavy (non-hydrogen) atoms. The zero-order chi connectivity index (χ0) is 14.4. The first-order chi connectivity index (χ1) is 8.97. The number of hydrogen-bond acceptors (Lipinski definition) is 5. The van der Waals surface area contributed by atoms with Gasteiger partial charge >= 0.3 is 11.7 Å². The molecule has 9 nitrogen and oxygen atoms in total. The van der Waals surface area contributed by atoms with Crippen molar-refractivity contribution >= 4 is 17.6 Å². The van der Waals surface area contributed by atoms with Gasteiger partial charge in [-0.1, -0.05) is 19.8 Å². The predicted molar refractivity (Wildman–Crippen MR) is 63.7 cm³/mol. The second kappa shape index (κ2) is 6.47. The van der Waals surface area contributed by atoms with Gasteiger partial charge in [-0.25, -0.2) is 4.79 Å². The number of aromatic amines is 1. The van der Waals surface area contributed by atoms with Crippen LogP contribution in [0.25, 0.3) is 0 Å². The molecule has 0 aliphatic carbocycles. The van der Waals surface area contributed by atoms with Gasteiger partial charge in [-0.05, 0) is 6.42 Å². The van der Waals surface area contributed by atoms with Crippen molar-refractivity contribution in [2.75, 3.05) is 0 Å². The van der Waals surface area contributed by atoms with Crippen LogP contribution in [-0.2, 0) is 4.79 Å². The molecule has 0 aliphatic heterocycles. The fraction of sp³-hybridized carbons (Fsp3) is 0.500. The number of aliphatic carboxylic acids is 1. The van der Waals surface area contributed by atoms with Crippen LogP contribution in [0.2, 0.25) is 0 Å². The SMILES string of the molecule is CCCCC(NC(=O)c1[nH]ncc1[N+](=O)[O-])C(=O)O. The van der Waals surface area contributed by atoms with Gasteiger partial charge in [0.25, 0.3) is 5.91 Å². The molecule has 0 aliphatic rings. The number of carboxylic acids is 1. The summed E-state index contributed by atoms with van der Waals surface area (Å²) < 4.78 is 0. The number of rotatable bonds is 7. The molecule has 1 heterocycles. The van der Waals surface area contributed by atoms with Crippen LogP contribution in [0.15, 0.2) is 6.20 Å². The van der Waals surface area contributed by atoms with Gasteiger partial charge in [0.05, 0.1) is 4.92 Å². The lowest BCUT2D eigenvalue weighted by Gasteiger charge is -2.12. The second-order valence-corrected chi connectivity index (χ2v) is 3.89. The molecular weight excluding hydrogens is 256 g/mol. The lowest BCUT2D eigenvalue weighted by molar-refractivity contribution is -0.385. The number of unbranched alkanes of at least 4 members (excludes halogenated alkanes) is 1. The summed E-state index contributed by atoms with van der Waals surface area (Å²) in [7, 11) is 0. The average Bonchev–Trinajstić information content (AvgIpc) is 2.83. The third-order valence-corrected chi connectivity index (χ3v) is 2.49. The molecule has 0 saturated heterocycles. The third-order valence-electron chi connectivity index (χ3n) is 2.49. The Hall–Kier alpha value is -2.45. The highest BCUT2D eigenvalue weighted by atomic mass is 16.6. The van der Waals surface area contributed by atoms with E-state index in [1.807, 2.05) is 6.92 Å². The Bertz CT molecular complexity index is 484. The summed E-state index contributed by atoms with van der Waals surface area (Å²) in [6, 6.07) is -1.07. The van der Waals surface area contributed by atoms with Gasteiger partial charge in [0.15, 0.2) is 0 Å². The van der Waals surface area contributed by atoms with Crippen LogP contribution in [0.3, 0.4) is 0 Å². The highest BCUT2D eigenvalue weighted by Gasteiger charge is 2.26. The number of aromatic nitrogens is 2. The summed E-state index contributed by atoms with van der Waals surface area (Å²) in [6.45, 7) is 1.89. The maximum Gasteiger partial charge on any atom is 0.326 e. The monoisotopic (exact) mass is 270 g/mol. The van der Waals surface area contributed by atoms with Crippen LogP contribution < -0.4 is 5.32 Å². The summed E-state index contributed by atoms with van der Waals surface area (Å²) in [5, 5.41) is 27.4. The Balaban J connectivity index is 2.79. The number of nitro groups is 1. The highest BCUT2D eigenvalue weighted by Crippen LogP contribution is 2.14. The summed E-state index contributed by atoms with van der Waals surface area (Å²) in [5.74, 6) is -2.03. The van der Waals surface area contributed by atoms with Crippen molar-refractivity contribution in [1.82, 2.24) is 15.5 Å². The first-order valence-corrected chi connectivity index (χ1v) is 5.68. The lowest BCUT2D eigenvalue weighted by Crippen LogP contribution is -2.41. The van der Waals surface area contributed by atoms with Crippen molar-refractivity contribution in [3.05, 3.63) is 22.0 Å². The van der Waals surface area contributed by atoms with Crippen molar-refractivity contribution in [1.29, 1.82) is 0 Å². The number of hydrogen-bond donors (Lipinski definition) is 3. The number of carbonyl (C=O) groups excluding carboxylic acids is 1. The Morgan fingerprint density at radius 1 is 1.63 bits per heavy atom. The minimum Gasteiger partial charge on any atom is -0.480 e. The van der Waals surface area contributed by atoms with Gasteiger partial charge < -0.3 is 10.4 Å². The van der Waals surface area contributed by atoms with E-state index in [0.29, 0.717) is 6.42 Å². The van der Waals surface area contributed by atoms with Crippen LogP contribution >= 0.6 is 0 Å². The minimum absolute atomic E-state index is 0.263. The van der Waals surface area contributed by atoms with E-state index in [-0.39, 0.29) is 12.1 Å². The summed E-state index contributed by atoms with van der Waals surface area (Å²) in [4.78, 5) is 32.6. The second-order valence-electron chi connectivity index (χ2n) is 3.89. The molecule has 1 amide bonds. The van der Waals surface area contributed by atoms with E-state index < -0.39 is 28.5 Å². The fourth-order valence-electron chi connectivity index (χ4n) is 1.48. The number of amides is 1. The number of carbonyl (C=O) groups is 2. The maximum atomic E-state index is 11.8. The number of carboxylic acid groups (broad SMARTS) is 1. The van der Waals surface area contributed by atoms with E-state index in [4.69, 9.17) is 5.11 Å². The Kier molecular flexibility index (Phi) is 4.98. The maximum absolute atomic E-state index is 11.8. The smallest absolute Gasteiger partial charge is 0.326 e. The van der Waals surface area contributed by atoms with Gasteiger partial charge in [-0.3, -0.25) is 20.0 Å². The van der Waals surface area contributed by atoms with Crippen LogP contribution in [0.4, 0.5) is 5.69 Å². The largest absolute Gasteiger partial charge is 0.480 e. The van der Waals surface area contributed by atoms with E-state index >= 15 is 0 Å². The predicted octanol–water partition coefficient (Wildman–Crippen LogP) is 0.691. The summed E-state index contributed by atoms with van der Waals surface area (Å²) in [5.41, 5.74) is -0.843. The standard InChI is InChI=1S/C10H14N4O5/c1-2-3-4-6(10(16)17)12-9(15)8-7(14(18)19)5-11-13-8/h5-6H,2-4H2,1H3,(H,11,13)(H,12,15)(H,16,17). The van der Waals surface area contributed by atoms with E-state index in [0.717, 1.165) is 12.6 Å². The van der Waals surface area contributed by atoms with Crippen molar-refractivity contribution < 1.29 is 19.6 Å². The van der Waals surface area contributed by atoms with Crippen LogP contribution in [0, 0.1) is 10.1 Å². The van der Waals surface area contributed by atoms with Crippen LogP contribution in [-0.4, -0.2) is 38.1 Å². The number of nitrogens with one attached hydrogen (secondary N) is 2. The van der Waals surface area contributed by atoms with E-state index in [2.05, 4.69) is 15.5 Å². The summed E-state index contributed by atoms with van der Waals surface area (Å²) >= 11 is 0. The normalized spacial score (nSPS) is 11.8. The average molecular weight is 270 g/mol. The fourth-order valence-corrected chi connectivity index (χ4v) is 1.48. The third kappa shape index (κ3) is 3.76. The van der Waals surface area contributed by atoms with E-state index in [1.165, 1.54) is 0 Å². The molecule has 9 heteroatoms. The molecule has 1 aromatic rings. The first kappa shape index (κ1) is 14.6. The van der Waals surface area contributed by atoms with Gasteiger partial charge in [-0.2, -0.15) is 5.10 Å². The van der Waals surface area contributed by atoms with Gasteiger partial charge in [0.1, 0.15) is 12.2 Å². The Labute approximate surface area is 108 Å². The topological polar surface area (TPSA) is 138 Å². The van der Waals surface area contributed by atoms with Crippen LogP contribution in [0.5, 0.6) is 0 Å². The van der Waals surface area contributed by atoms with Gasteiger partial charge in [0.2, 0.25) is 5.69 Å². The highest BCUT2D eigenvalue weighted by molar-refractivity contribution is 5.98. The van der Waals surface area contributed by atoms with E-state index in [1.54, 1.807) is 0 Å². The molecule has 1 unspecified atom stereocenters. The Morgan fingerprint density at radius 3 is 2.84 bits per heavy atom. The van der Waals surface area contributed by atoms with E-state index in [9.17, 15) is 19.7 Å². The Morgan fingerprint density at radius 2 is 2.32 bits per heavy atom. The molecule has 0 spiro atoms. The molecule has 1 rings (SSSR count). The van der Waals surface area contributed by atoms with Crippen molar-refractivity contribution in [3.63, 3.8) is 0 Å². The molecule has 3 N–H and O–H groups in total. The molecular formula is C10H14N4O5. The van der Waals surface area contributed by atoms with Crippen LogP contribution in [0.1, 0.15) is 36.7 Å². The molecule has 104 valence electrons. The first-order valence-electron chi connectivity index (χ1n) is 5.68. The molecule has 0 aromatic carbocycles. The molecule has 0 saturated carbocycles. The minimum atomic E-state index is -1.18. The quantitative estimate of drug-likeness (QED) is 0.492. The number of nitrogens with zero attached hydrogens (tertiary/aromatic N) is 2. The van der Waals surface area contributed by atoms with Crippen molar-refractivity contribution in [2.45, 2.75) is 32.2 Å². The molecule has 0 fully saturated rings. The van der Waals surface area contributed by atoms with Crippen molar-refractivity contribution in [2.24, 2.45) is 0 Å². The molecule has 1 aromatic heterocycles. The zero-order valence-corrected chi connectivity index (χ0v) is 10.3.